The molecule has 1 aromatic carbocycles. The predicted octanol–water partition coefficient (Wildman–Crippen LogP) is 1.43. The minimum absolute atomic E-state index is 0.0155. The second-order valence-electron chi connectivity index (χ2n) is 6.63. The molecule has 1 aliphatic heterocycles. The monoisotopic (exact) mass is 376 g/mol. The first-order chi connectivity index (χ1) is 13.1. The van der Waals surface area contributed by atoms with Gasteiger partial charge < -0.3 is 14.6 Å². The molecule has 1 amide bonds. The van der Waals surface area contributed by atoms with Crippen molar-refractivity contribution in [2.75, 3.05) is 45.9 Å². The van der Waals surface area contributed by atoms with Gasteiger partial charge >= 0.3 is 0 Å². The van der Waals surface area contributed by atoms with Crippen LogP contribution < -0.4 is 10.1 Å². The Hall–Kier alpha value is -2.45. The minimum atomic E-state index is -0.299. The zero-order valence-corrected chi connectivity index (χ0v) is 15.5. The van der Waals surface area contributed by atoms with E-state index in [2.05, 4.69) is 20.3 Å². The Balaban J connectivity index is 1.28. The van der Waals surface area contributed by atoms with Gasteiger partial charge in [0.15, 0.2) is 0 Å². The normalized spacial score (nSPS) is 15.6. The van der Waals surface area contributed by atoms with E-state index in [1.54, 1.807) is 12.1 Å². The Kier molecular flexibility index (Phi) is 6.78. The first-order valence-corrected chi connectivity index (χ1v) is 9.10. The van der Waals surface area contributed by atoms with Crippen LogP contribution in [0.4, 0.5) is 4.39 Å². The molecule has 1 aliphatic rings. The third-order valence-electron chi connectivity index (χ3n) is 4.40. The lowest BCUT2D eigenvalue weighted by Gasteiger charge is -2.33. The second-order valence-corrected chi connectivity index (χ2v) is 6.63. The van der Waals surface area contributed by atoms with E-state index in [0.29, 0.717) is 25.4 Å². The molecule has 0 bridgehead atoms. The maximum absolute atomic E-state index is 12.8. The number of amides is 1. The molecule has 2 aromatic rings. The number of benzene rings is 1. The van der Waals surface area contributed by atoms with Crippen molar-refractivity contribution in [2.45, 2.75) is 13.5 Å². The fourth-order valence-electron chi connectivity index (χ4n) is 2.98. The van der Waals surface area contributed by atoms with Crippen molar-refractivity contribution in [1.82, 2.24) is 20.3 Å². The first kappa shape index (κ1) is 19.3. The lowest BCUT2D eigenvalue weighted by molar-refractivity contribution is -0.122. The van der Waals surface area contributed by atoms with Crippen LogP contribution in [0.2, 0.25) is 0 Å². The van der Waals surface area contributed by atoms with Crippen LogP contribution in [0.3, 0.4) is 0 Å². The molecule has 0 spiro atoms. The van der Waals surface area contributed by atoms with E-state index in [0.717, 1.165) is 44.2 Å². The van der Waals surface area contributed by atoms with E-state index in [1.165, 1.54) is 12.1 Å². The largest absolute Gasteiger partial charge is 0.492 e. The van der Waals surface area contributed by atoms with Crippen molar-refractivity contribution < 1.29 is 18.4 Å². The van der Waals surface area contributed by atoms with Crippen molar-refractivity contribution in [3.8, 4) is 5.75 Å². The van der Waals surface area contributed by atoms with Crippen molar-refractivity contribution in [3.63, 3.8) is 0 Å². The number of hydrogen-bond donors (Lipinski definition) is 1. The maximum atomic E-state index is 12.8. The standard InChI is InChI=1S/C19H25FN4O3/c1-15-12-17(22-27-15)13-23-7-9-24(10-8-23)14-19(25)21-6-11-26-18-4-2-16(20)3-5-18/h2-5,12H,6-11,13-14H2,1H3,(H,21,25). The number of nitrogens with zero attached hydrogens (tertiary/aromatic N) is 3. The van der Waals surface area contributed by atoms with E-state index >= 15 is 0 Å². The highest BCUT2D eigenvalue weighted by atomic mass is 19.1. The first-order valence-electron chi connectivity index (χ1n) is 9.10. The van der Waals surface area contributed by atoms with Gasteiger partial charge in [0.05, 0.1) is 18.8 Å². The number of nitrogens with one attached hydrogen (secondary N) is 1. The Bertz CT molecular complexity index is 727. The summed E-state index contributed by atoms with van der Waals surface area (Å²) in [6, 6.07) is 7.77. The van der Waals surface area contributed by atoms with Crippen molar-refractivity contribution >= 4 is 5.91 Å². The summed E-state index contributed by atoms with van der Waals surface area (Å²) >= 11 is 0. The summed E-state index contributed by atoms with van der Waals surface area (Å²) in [7, 11) is 0. The van der Waals surface area contributed by atoms with Gasteiger partial charge in [0.1, 0.15) is 23.9 Å². The molecule has 1 saturated heterocycles. The zero-order valence-electron chi connectivity index (χ0n) is 15.5. The molecule has 1 fully saturated rings. The Morgan fingerprint density at radius 1 is 1.22 bits per heavy atom. The number of carbonyl (C=O) groups excluding carboxylic acids is 1. The maximum Gasteiger partial charge on any atom is 0.234 e. The third kappa shape index (κ3) is 6.33. The van der Waals surface area contributed by atoms with Crippen LogP contribution in [0.5, 0.6) is 5.75 Å². The van der Waals surface area contributed by atoms with Gasteiger partial charge in [0, 0.05) is 38.8 Å². The highest BCUT2D eigenvalue weighted by Gasteiger charge is 2.19. The van der Waals surface area contributed by atoms with E-state index in [1.807, 2.05) is 13.0 Å². The van der Waals surface area contributed by atoms with Gasteiger partial charge in [0.2, 0.25) is 5.91 Å². The fraction of sp³-hybridized carbons (Fsp3) is 0.474. The average Bonchev–Trinajstić information content (AvgIpc) is 3.07. The number of hydrogen-bond acceptors (Lipinski definition) is 6. The molecular formula is C19H25FN4O3. The number of aromatic nitrogens is 1. The second kappa shape index (κ2) is 9.48. The van der Waals surface area contributed by atoms with Crippen molar-refractivity contribution in [1.29, 1.82) is 0 Å². The van der Waals surface area contributed by atoms with Gasteiger partial charge in [-0.2, -0.15) is 0 Å². The third-order valence-corrected chi connectivity index (χ3v) is 4.40. The summed E-state index contributed by atoms with van der Waals surface area (Å²) in [5, 5.41) is 6.87. The van der Waals surface area contributed by atoms with Gasteiger partial charge in [-0.1, -0.05) is 5.16 Å². The molecule has 7 nitrogen and oxygen atoms in total. The summed E-state index contributed by atoms with van der Waals surface area (Å²) < 4.78 is 23.4. The van der Waals surface area contributed by atoms with E-state index < -0.39 is 0 Å². The molecule has 1 aromatic heterocycles. The Morgan fingerprint density at radius 2 is 1.93 bits per heavy atom. The molecule has 1 N–H and O–H groups in total. The Morgan fingerprint density at radius 3 is 2.59 bits per heavy atom. The summed E-state index contributed by atoms with van der Waals surface area (Å²) in [6.45, 7) is 7.29. The van der Waals surface area contributed by atoms with E-state index in [9.17, 15) is 9.18 Å². The van der Waals surface area contributed by atoms with Crippen LogP contribution in [0.15, 0.2) is 34.9 Å². The minimum Gasteiger partial charge on any atom is -0.492 e. The molecular weight excluding hydrogens is 351 g/mol. The van der Waals surface area contributed by atoms with Gasteiger partial charge in [-0.25, -0.2) is 4.39 Å². The number of aryl methyl sites for hydroxylation is 1. The molecule has 0 radical (unpaired) electrons. The average molecular weight is 376 g/mol. The number of ether oxygens (including phenoxy) is 1. The predicted molar refractivity (Wildman–Crippen MR) is 97.9 cm³/mol. The van der Waals surface area contributed by atoms with Crippen LogP contribution in [-0.4, -0.2) is 66.7 Å². The molecule has 2 heterocycles. The van der Waals surface area contributed by atoms with Gasteiger partial charge in [0.25, 0.3) is 0 Å². The highest BCUT2D eigenvalue weighted by Crippen LogP contribution is 2.11. The molecule has 146 valence electrons. The molecule has 0 atom stereocenters. The van der Waals surface area contributed by atoms with Crippen molar-refractivity contribution in [2.24, 2.45) is 0 Å². The number of halogens is 1. The molecule has 3 rings (SSSR count). The SMILES string of the molecule is Cc1cc(CN2CCN(CC(=O)NCCOc3ccc(F)cc3)CC2)no1. The molecule has 27 heavy (non-hydrogen) atoms. The smallest absolute Gasteiger partial charge is 0.234 e. The quantitative estimate of drug-likeness (QED) is 0.703. The Labute approximate surface area is 158 Å². The topological polar surface area (TPSA) is 70.8 Å². The highest BCUT2D eigenvalue weighted by molar-refractivity contribution is 5.78. The summed E-state index contributed by atoms with van der Waals surface area (Å²) in [5.74, 6) is 1.10. The van der Waals surface area contributed by atoms with Crippen LogP contribution in [0.25, 0.3) is 0 Å². The van der Waals surface area contributed by atoms with Crippen molar-refractivity contribution in [3.05, 3.63) is 47.6 Å². The molecule has 0 aliphatic carbocycles. The van der Waals surface area contributed by atoms with Crippen LogP contribution in [-0.2, 0) is 11.3 Å². The summed E-state index contributed by atoms with van der Waals surface area (Å²) in [6.07, 6.45) is 0. The molecule has 0 unspecified atom stereocenters. The van der Waals surface area contributed by atoms with Crippen LogP contribution in [0, 0.1) is 12.7 Å². The molecule has 0 saturated carbocycles. The van der Waals surface area contributed by atoms with Gasteiger partial charge in [-0.3, -0.25) is 14.6 Å². The van der Waals surface area contributed by atoms with Gasteiger partial charge in [-0.05, 0) is 31.2 Å². The number of carbonyl (C=O) groups is 1. The summed E-state index contributed by atoms with van der Waals surface area (Å²) in [4.78, 5) is 16.5. The molecule has 8 heteroatoms. The van der Waals surface area contributed by atoms with Gasteiger partial charge in [-0.15, -0.1) is 0 Å². The van der Waals surface area contributed by atoms with Crippen LogP contribution in [0.1, 0.15) is 11.5 Å². The fourth-order valence-corrected chi connectivity index (χ4v) is 2.98. The van der Waals surface area contributed by atoms with E-state index in [4.69, 9.17) is 9.26 Å². The van der Waals surface area contributed by atoms with E-state index in [-0.39, 0.29) is 11.7 Å². The number of rotatable bonds is 8. The lowest BCUT2D eigenvalue weighted by atomic mass is 10.2. The zero-order chi connectivity index (χ0) is 19.1. The van der Waals surface area contributed by atoms with Crippen LogP contribution >= 0.6 is 0 Å². The lowest BCUT2D eigenvalue weighted by Crippen LogP contribution is -2.49. The number of piperazine rings is 1. The summed E-state index contributed by atoms with van der Waals surface area (Å²) in [5.41, 5.74) is 0.944.